The zero-order chi connectivity index (χ0) is 14.2. The third-order valence-corrected chi connectivity index (χ3v) is 3.48. The second-order valence-electron chi connectivity index (χ2n) is 4.46. The van der Waals surface area contributed by atoms with Crippen molar-refractivity contribution in [2.24, 2.45) is 0 Å². The van der Waals surface area contributed by atoms with Crippen molar-refractivity contribution < 1.29 is 9.59 Å². The summed E-state index contributed by atoms with van der Waals surface area (Å²) >= 11 is 3.48. The van der Waals surface area contributed by atoms with Gasteiger partial charge in [0.15, 0.2) is 0 Å². The van der Waals surface area contributed by atoms with E-state index in [-0.39, 0.29) is 11.6 Å². The monoisotopic (exact) mass is 323 g/mol. The highest BCUT2D eigenvalue weighted by Crippen LogP contribution is 2.26. The van der Waals surface area contributed by atoms with Gasteiger partial charge in [-0.2, -0.15) is 0 Å². The number of benzene rings is 1. The molecule has 1 fully saturated rings. The minimum atomic E-state index is -0.403. The molecule has 100 valence electrons. The number of rotatable bonds is 2. The summed E-state index contributed by atoms with van der Waals surface area (Å²) in [6.07, 6.45) is 1.66. The van der Waals surface area contributed by atoms with Crippen LogP contribution in [0, 0.1) is 0 Å². The summed E-state index contributed by atoms with van der Waals surface area (Å²) in [5.41, 5.74) is 2.18. The predicted octanol–water partition coefficient (Wildman–Crippen LogP) is 2.04. The van der Waals surface area contributed by atoms with Crippen molar-refractivity contribution in [2.45, 2.75) is 0 Å². The third-order valence-electron chi connectivity index (χ3n) is 2.85. The predicted molar refractivity (Wildman–Crippen MR) is 77.7 cm³/mol. The highest BCUT2D eigenvalue weighted by molar-refractivity contribution is 9.10. The van der Waals surface area contributed by atoms with Gasteiger partial charge in [0.1, 0.15) is 5.70 Å². The van der Waals surface area contributed by atoms with Gasteiger partial charge in [-0.15, -0.1) is 0 Å². The lowest BCUT2D eigenvalue weighted by Crippen LogP contribution is -2.25. The third kappa shape index (κ3) is 2.63. The molecule has 19 heavy (non-hydrogen) atoms. The van der Waals surface area contributed by atoms with Gasteiger partial charge in [0.25, 0.3) is 5.91 Å². The number of amides is 3. The van der Waals surface area contributed by atoms with E-state index in [1.165, 1.54) is 7.05 Å². The van der Waals surface area contributed by atoms with Gasteiger partial charge in [0.2, 0.25) is 0 Å². The van der Waals surface area contributed by atoms with Crippen molar-refractivity contribution in [3.63, 3.8) is 0 Å². The first kappa shape index (κ1) is 13.6. The Morgan fingerprint density at radius 2 is 2.00 bits per heavy atom. The number of urea groups is 1. The molecule has 2 rings (SSSR count). The van der Waals surface area contributed by atoms with E-state index in [9.17, 15) is 9.59 Å². The fraction of sp³-hybridized carbons (Fsp3) is 0.231. The van der Waals surface area contributed by atoms with Crippen molar-refractivity contribution in [1.29, 1.82) is 0 Å². The van der Waals surface area contributed by atoms with Crippen LogP contribution >= 0.6 is 15.9 Å². The fourth-order valence-electron chi connectivity index (χ4n) is 1.77. The van der Waals surface area contributed by atoms with Gasteiger partial charge in [0, 0.05) is 25.6 Å². The van der Waals surface area contributed by atoms with Crippen LogP contribution < -0.4 is 10.2 Å². The number of anilines is 1. The molecule has 0 saturated carbocycles. The number of hydrogen-bond donors (Lipinski definition) is 1. The zero-order valence-corrected chi connectivity index (χ0v) is 12.5. The first-order chi connectivity index (χ1) is 8.90. The second-order valence-corrected chi connectivity index (χ2v) is 5.31. The van der Waals surface area contributed by atoms with Gasteiger partial charge in [-0.3, -0.25) is 9.69 Å². The molecular formula is C13H14BrN3O2. The lowest BCUT2D eigenvalue weighted by atomic mass is 10.1. The van der Waals surface area contributed by atoms with E-state index in [0.717, 1.165) is 20.6 Å². The number of carbonyl (C=O) groups is 2. The minimum Gasteiger partial charge on any atom is -0.377 e. The quantitative estimate of drug-likeness (QED) is 0.669. The second kappa shape index (κ2) is 5.05. The molecule has 1 heterocycles. The van der Waals surface area contributed by atoms with E-state index in [0.29, 0.717) is 0 Å². The highest BCUT2D eigenvalue weighted by atomic mass is 79.9. The number of nitrogens with zero attached hydrogens (tertiary/aromatic N) is 2. The molecule has 0 aromatic heterocycles. The molecule has 1 aromatic carbocycles. The summed E-state index contributed by atoms with van der Waals surface area (Å²) in [4.78, 5) is 26.1. The van der Waals surface area contributed by atoms with Crippen LogP contribution in [0.1, 0.15) is 5.56 Å². The Morgan fingerprint density at radius 1 is 1.32 bits per heavy atom. The molecule has 6 heteroatoms. The van der Waals surface area contributed by atoms with E-state index in [1.807, 2.05) is 37.2 Å². The number of hydrogen-bond acceptors (Lipinski definition) is 3. The smallest absolute Gasteiger partial charge is 0.328 e. The molecule has 1 N–H and O–H groups in total. The zero-order valence-electron chi connectivity index (χ0n) is 10.9. The molecule has 1 aliphatic rings. The molecule has 0 radical (unpaired) electrons. The van der Waals surface area contributed by atoms with Crippen LogP contribution in [0.3, 0.4) is 0 Å². The van der Waals surface area contributed by atoms with Crippen LogP contribution in [-0.2, 0) is 4.79 Å². The molecule has 0 atom stereocenters. The Balaban J connectivity index is 2.32. The fourth-order valence-corrected chi connectivity index (χ4v) is 2.52. The molecular weight excluding hydrogens is 310 g/mol. The lowest BCUT2D eigenvalue weighted by Gasteiger charge is -2.14. The van der Waals surface area contributed by atoms with Crippen LogP contribution in [0.25, 0.3) is 6.08 Å². The van der Waals surface area contributed by atoms with Crippen LogP contribution in [0.15, 0.2) is 28.4 Å². The minimum absolute atomic E-state index is 0.289. The summed E-state index contributed by atoms with van der Waals surface area (Å²) in [5, 5.41) is 2.53. The maximum Gasteiger partial charge on any atom is 0.328 e. The molecule has 0 spiro atoms. The Labute approximate surface area is 120 Å². The van der Waals surface area contributed by atoms with Crippen molar-refractivity contribution in [3.8, 4) is 0 Å². The number of carbonyl (C=O) groups excluding carboxylic acids is 2. The Hall–Kier alpha value is -1.82. The summed E-state index contributed by atoms with van der Waals surface area (Å²) in [5.74, 6) is -0.321. The number of likely N-dealkylation sites (N-methyl/N-ethyl adjacent to an activating group) is 1. The molecule has 3 amide bonds. The van der Waals surface area contributed by atoms with E-state index >= 15 is 0 Å². The van der Waals surface area contributed by atoms with Gasteiger partial charge in [-0.1, -0.05) is 6.07 Å². The number of imide groups is 1. The van der Waals surface area contributed by atoms with Crippen LogP contribution in [0.4, 0.5) is 10.5 Å². The van der Waals surface area contributed by atoms with Crippen molar-refractivity contribution in [2.75, 3.05) is 26.0 Å². The van der Waals surface area contributed by atoms with E-state index in [2.05, 4.69) is 21.2 Å². The normalized spacial score (nSPS) is 17.1. The van der Waals surface area contributed by atoms with E-state index < -0.39 is 6.03 Å². The standard InChI is InChI=1S/C13H14BrN3O2/c1-16(2)11-5-4-8(6-9(11)14)7-10-12(18)17(3)13(19)15-10/h4-7H,1-3H3,(H,15,19)/b10-7+. The molecule has 1 saturated heterocycles. The molecule has 1 aliphatic heterocycles. The molecule has 0 unspecified atom stereocenters. The first-order valence-electron chi connectivity index (χ1n) is 5.68. The molecule has 1 aromatic rings. The first-order valence-corrected chi connectivity index (χ1v) is 6.47. The molecule has 0 aliphatic carbocycles. The van der Waals surface area contributed by atoms with Gasteiger partial charge >= 0.3 is 6.03 Å². The molecule has 5 nitrogen and oxygen atoms in total. The SMILES string of the molecule is CN1C(=O)N/C(=C/c2ccc(N(C)C)c(Br)c2)C1=O. The van der Waals surface area contributed by atoms with Crippen LogP contribution in [0.5, 0.6) is 0 Å². The van der Waals surface area contributed by atoms with Crippen molar-refractivity contribution in [1.82, 2.24) is 10.2 Å². The summed E-state index contributed by atoms with van der Waals surface area (Å²) in [6.45, 7) is 0. The highest BCUT2D eigenvalue weighted by Gasteiger charge is 2.29. The van der Waals surface area contributed by atoms with Gasteiger partial charge in [-0.05, 0) is 39.7 Å². The average Bonchev–Trinajstić information content (AvgIpc) is 2.57. The Morgan fingerprint density at radius 3 is 2.47 bits per heavy atom. The van der Waals surface area contributed by atoms with Gasteiger partial charge in [-0.25, -0.2) is 4.79 Å². The van der Waals surface area contributed by atoms with Crippen molar-refractivity contribution in [3.05, 3.63) is 33.9 Å². The van der Waals surface area contributed by atoms with Crippen molar-refractivity contribution >= 4 is 39.6 Å². The summed E-state index contributed by atoms with van der Waals surface area (Å²) < 4.78 is 0.928. The number of nitrogens with one attached hydrogen (secondary N) is 1. The summed E-state index contributed by atoms with van der Waals surface area (Å²) in [7, 11) is 5.35. The van der Waals surface area contributed by atoms with Crippen LogP contribution in [-0.4, -0.2) is 38.0 Å². The Kier molecular flexibility index (Phi) is 3.61. The van der Waals surface area contributed by atoms with E-state index in [4.69, 9.17) is 0 Å². The van der Waals surface area contributed by atoms with Gasteiger partial charge in [0.05, 0.1) is 5.69 Å². The topological polar surface area (TPSA) is 52.7 Å². The maximum atomic E-state index is 11.7. The maximum absolute atomic E-state index is 11.7. The Bertz CT molecular complexity index is 581. The summed E-state index contributed by atoms with van der Waals surface area (Å²) in [6, 6.07) is 5.34. The van der Waals surface area contributed by atoms with E-state index in [1.54, 1.807) is 6.08 Å². The average molecular weight is 324 g/mol. The lowest BCUT2D eigenvalue weighted by molar-refractivity contribution is -0.121. The largest absolute Gasteiger partial charge is 0.377 e. The molecule has 0 bridgehead atoms. The number of halogens is 1. The van der Waals surface area contributed by atoms with Crippen LogP contribution in [0.2, 0.25) is 0 Å². The van der Waals surface area contributed by atoms with Gasteiger partial charge < -0.3 is 10.2 Å².